The molecule has 1 N–H and O–H groups in total. The Bertz CT molecular complexity index is 603. The summed E-state index contributed by atoms with van der Waals surface area (Å²) in [6, 6.07) is -1.05. The Morgan fingerprint density at radius 2 is 1.76 bits per heavy atom. The third kappa shape index (κ3) is 3.97. The summed E-state index contributed by atoms with van der Waals surface area (Å²) >= 11 is 0. The quantitative estimate of drug-likeness (QED) is 0.533. The lowest BCUT2D eigenvalue weighted by Gasteiger charge is -2.34. The molecule has 2 aliphatic rings. The van der Waals surface area contributed by atoms with Crippen molar-refractivity contribution in [1.82, 2.24) is 20.0 Å². The van der Waals surface area contributed by atoms with Crippen LogP contribution in [0.15, 0.2) is 0 Å². The number of imide groups is 2. The fraction of sp³-hybridized carbons (Fsp3) is 0.688. The molecule has 2 fully saturated rings. The number of nitrogens with one attached hydrogen (secondary N) is 1. The Hall–Kier alpha value is -2.45. The normalized spacial score (nSPS) is 23.9. The summed E-state index contributed by atoms with van der Waals surface area (Å²) in [5, 5.41) is 2.34. The van der Waals surface area contributed by atoms with E-state index < -0.39 is 30.3 Å². The smallest absolute Gasteiger partial charge is 0.334 e. The number of likely N-dealkylation sites (N-methyl/N-ethyl adjacent to an activating group) is 1. The average Bonchev–Trinajstić information content (AvgIpc) is 2.77. The highest BCUT2D eigenvalue weighted by molar-refractivity contribution is 6.45. The van der Waals surface area contributed by atoms with E-state index in [-0.39, 0.29) is 24.4 Å². The Morgan fingerprint density at radius 3 is 2.36 bits per heavy atom. The molecule has 25 heavy (non-hydrogen) atoms. The maximum atomic E-state index is 12.5. The van der Waals surface area contributed by atoms with E-state index in [9.17, 15) is 24.0 Å². The van der Waals surface area contributed by atoms with Crippen molar-refractivity contribution in [2.45, 2.75) is 38.6 Å². The molecule has 138 valence electrons. The fourth-order valence-electron chi connectivity index (χ4n) is 3.17. The van der Waals surface area contributed by atoms with Crippen LogP contribution in [0, 0.1) is 5.92 Å². The zero-order valence-electron chi connectivity index (χ0n) is 14.8. The van der Waals surface area contributed by atoms with Crippen LogP contribution in [0.4, 0.5) is 4.79 Å². The van der Waals surface area contributed by atoms with Gasteiger partial charge in [0.1, 0.15) is 6.54 Å². The van der Waals surface area contributed by atoms with Gasteiger partial charge in [-0.25, -0.2) is 9.69 Å². The van der Waals surface area contributed by atoms with Crippen LogP contribution in [0.1, 0.15) is 32.6 Å². The van der Waals surface area contributed by atoms with Gasteiger partial charge in [0.15, 0.2) is 0 Å². The van der Waals surface area contributed by atoms with Gasteiger partial charge in [-0.3, -0.25) is 24.1 Å². The molecule has 0 aromatic carbocycles. The molecule has 6 amide bonds. The molecule has 9 heteroatoms. The van der Waals surface area contributed by atoms with E-state index in [0.29, 0.717) is 11.3 Å². The van der Waals surface area contributed by atoms with E-state index >= 15 is 0 Å². The van der Waals surface area contributed by atoms with Crippen LogP contribution >= 0.6 is 0 Å². The zero-order valence-corrected chi connectivity index (χ0v) is 14.8. The van der Waals surface area contributed by atoms with Gasteiger partial charge in [0.25, 0.3) is 0 Å². The summed E-state index contributed by atoms with van der Waals surface area (Å²) in [6.07, 6.45) is 3.49. The second-order valence-electron chi connectivity index (χ2n) is 6.74. The van der Waals surface area contributed by atoms with E-state index in [4.69, 9.17) is 0 Å². The van der Waals surface area contributed by atoms with Gasteiger partial charge in [-0.15, -0.1) is 0 Å². The van der Waals surface area contributed by atoms with Crippen molar-refractivity contribution in [3.05, 3.63) is 0 Å². The highest BCUT2D eigenvalue weighted by atomic mass is 16.2. The van der Waals surface area contributed by atoms with Crippen LogP contribution in [0.2, 0.25) is 0 Å². The third-order valence-electron chi connectivity index (χ3n) is 4.72. The fourth-order valence-corrected chi connectivity index (χ4v) is 3.17. The average molecular weight is 352 g/mol. The van der Waals surface area contributed by atoms with Gasteiger partial charge in [-0.05, 0) is 18.8 Å². The van der Waals surface area contributed by atoms with Crippen molar-refractivity contribution in [3.63, 3.8) is 0 Å². The lowest BCUT2D eigenvalue weighted by molar-refractivity contribution is -0.145. The van der Waals surface area contributed by atoms with E-state index in [1.165, 1.54) is 4.90 Å². The summed E-state index contributed by atoms with van der Waals surface area (Å²) in [6.45, 7) is 1.15. The lowest BCUT2D eigenvalue weighted by atomic mass is 9.85. The first kappa shape index (κ1) is 18.9. The molecular weight excluding hydrogens is 328 g/mol. The molecule has 1 aliphatic carbocycles. The zero-order chi connectivity index (χ0) is 18.7. The number of carbonyl (C=O) groups is 5. The van der Waals surface area contributed by atoms with Crippen molar-refractivity contribution in [2.75, 3.05) is 27.2 Å². The first-order chi connectivity index (χ1) is 11.7. The minimum Gasteiger partial charge on any atom is -0.347 e. The third-order valence-corrected chi connectivity index (χ3v) is 4.72. The number of hydrogen-bond acceptors (Lipinski definition) is 5. The molecule has 0 aromatic rings. The van der Waals surface area contributed by atoms with Crippen molar-refractivity contribution in [2.24, 2.45) is 5.92 Å². The minimum absolute atomic E-state index is 0.126. The molecule has 0 bridgehead atoms. The summed E-state index contributed by atoms with van der Waals surface area (Å²) in [7, 11) is 3.09. The molecule has 1 heterocycles. The number of hydrogen-bond donors (Lipinski definition) is 1. The van der Waals surface area contributed by atoms with Crippen molar-refractivity contribution in [1.29, 1.82) is 0 Å². The van der Waals surface area contributed by atoms with E-state index in [1.54, 1.807) is 14.1 Å². The molecule has 1 saturated carbocycles. The Labute approximate surface area is 146 Å². The van der Waals surface area contributed by atoms with E-state index in [0.717, 1.165) is 24.2 Å². The predicted molar refractivity (Wildman–Crippen MR) is 87.1 cm³/mol. The highest BCUT2D eigenvalue weighted by Gasteiger charge is 2.49. The SMILES string of the molecule is C[C@@H]1CCCC[C@@H]1N1C(=O)C(=O)N(CC(=O)NCC(=O)N(C)C)C1=O. The summed E-state index contributed by atoms with van der Waals surface area (Å²) < 4.78 is 0. The number of amides is 6. The molecule has 0 aromatic heterocycles. The highest BCUT2D eigenvalue weighted by Crippen LogP contribution is 2.31. The van der Waals surface area contributed by atoms with Crippen molar-refractivity contribution >= 4 is 29.7 Å². The molecule has 2 rings (SSSR count). The standard InChI is InChI=1S/C16H24N4O5/c1-10-6-4-5-7-11(10)20-15(24)14(23)19(16(20)25)9-12(21)17-8-13(22)18(2)3/h10-11H,4-9H2,1-3H3,(H,17,21)/t10-,11+/m1/s1. The topological polar surface area (TPSA) is 107 Å². The van der Waals surface area contributed by atoms with E-state index in [1.807, 2.05) is 6.92 Å². The second kappa shape index (κ2) is 7.62. The molecule has 0 radical (unpaired) electrons. The monoisotopic (exact) mass is 352 g/mol. The van der Waals surface area contributed by atoms with Crippen molar-refractivity contribution in [3.8, 4) is 0 Å². The Balaban J connectivity index is 2.01. The molecule has 1 saturated heterocycles. The number of carbonyl (C=O) groups excluding carboxylic acids is 5. The summed E-state index contributed by atoms with van der Waals surface area (Å²) in [5.74, 6) is -2.72. The largest absolute Gasteiger partial charge is 0.347 e. The number of nitrogens with zero attached hydrogens (tertiary/aromatic N) is 3. The van der Waals surface area contributed by atoms with E-state index in [2.05, 4.69) is 5.32 Å². The summed E-state index contributed by atoms with van der Waals surface area (Å²) in [5.41, 5.74) is 0. The van der Waals surface area contributed by atoms with Gasteiger partial charge in [-0.2, -0.15) is 0 Å². The lowest BCUT2D eigenvalue weighted by Crippen LogP contribution is -2.47. The predicted octanol–water partition coefficient (Wildman–Crippen LogP) is -0.440. The molecule has 9 nitrogen and oxygen atoms in total. The molecule has 0 spiro atoms. The van der Waals surface area contributed by atoms with Crippen LogP contribution in [0.5, 0.6) is 0 Å². The van der Waals surface area contributed by atoms with Gasteiger partial charge >= 0.3 is 17.8 Å². The van der Waals surface area contributed by atoms with Crippen LogP contribution in [-0.4, -0.2) is 77.6 Å². The van der Waals surface area contributed by atoms with Crippen LogP contribution in [0.3, 0.4) is 0 Å². The van der Waals surface area contributed by atoms with Crippen LogP contribution < -0.4 is 5.32 Å². The van der Waals surface area contributed by atoms with Crippen LogP contribution in [0.25, 0.3) is 0 Å². The van der Waals surface area contributed by atoms with Gasteiger partial charge in [0.05, 0.1) is 6.54 Å². The second-order valence-corrected chi connectivity index (χ2v) is 6.74. The molecular formula is C16H24N4O5. The van der Waals surface area contributed by atoms with Crippen LogP contribution in [-0.2, 0) is 19.2 Å². The molecule has 2 atom stereocenters. The van der Waals surface area contributed by atoms with Gasteiger partial charge in [-0.1, -0.05) is 19.8 Å². The Kier molecular flexibility index (Phi) is 5.76. The first-order valence-electron chi connectivity index (χ1n) is 8.40. The maximum absolute atomic E-state index is 12.5. The number of urea groups is 1. The number of rotatable bonds is 5. The maximum Gasteiger partial charge on any atom is 0.334 e. The Morgan fingerprint density at radius 1 is 1.12 bits per heavy atom. The van der Waals surface area contributed by atoms with Crippen molar-refractivity contribution < 1.29 is 24.0 Å². The summed E-state index contributed by atoms with van der Waals surface area (Å²) in [4.78, 5) is 63.2. The molecule has 0 unspecified atom stereocenters. The molecule has 1 aliphatic heterocycles. The van der Waals surface area contributed by atoms with Gasteiger partial charge < -0.3 is 10.2 Å². The minimum atomic E-state index is -0.989. The first-order valence-corrected chi connectivity index (χ1v) is 8.40. The van der Waals surface area contributed by atoms with Gasteiger partial charge in [0, 0.05) is 20.1 Å². The van der Waals surface area contributed by atoms with Gasteiger partial charge in [0.2, 0.25) is 11.8 Å².